The van der Waals surface area contributed by atoms with Crippen molar-refractivity contribution >= 4 is 23.5 Å². The van der Waals surface area contributed by atoms with Crippen molar-refractivity contribution in [1.82, 2.24) is 14.7 Å². The highest BCUT2D eigenvalue weighted by Gasteiger charge is 2.41. The Kier molecular flexibility index (Phi) is 7.25. The fraction of sp³-hybridized carbons (Fsp3) is 0.333. The van der Waals surface area contributed by atoms with E-state index in [0.29, 0.717) is 10.4 Å². The minimum absolute atomic E-state index is 0.00440. The number of ether oxygens (including phenoxy) is 2. The topological polar surface area (TPSA) is 123 Å². The zero-order chi connectivity index (χ0) is 25.0. The molecule has 1 amide bonds. The number of carbonyl (C=O) groups excluding carboxylic acids is 3. The van der Waals surface area contributed by atoms with Crippen LogP contribution in [0.3, 0.4) is 0 Å². The number of aliphatic hydroxyl groups excluding tert-OH is 1. The molecule has 1 aromatic carbocycles. The van der Waals surface area contributed by atoms with E-state index in [-0.39, 0.29) is 43.3 Å². The molecule has 34 heavy (non-hydrogen) atoms. The van der Waals surface area contributed by atoms with Gasteiger partial charge in [-0.2, -0.15) is 18.3 Å². The number of amides is 1. The number of benzene rings is 1. The lowest BCUT2D eigenvalue weighted by atomic mass is 10.2. The molecule has 13 heteroatoms. The number of carbonyl (C=O) groups is 3. The SMILES string of the molecule is CCOC(=O)c1cnn(-c2ccc(NC3=C(C(=O)OC)CN(CCO)C3=O)cc2)c1C(F)(F)F. The average Bonchev–Trinajstić information content (AvgIpc) is 3.37. The summed E-state index contributed by atoms with van der Waals surface area (Å²) in [6.45, 7) is 1.01. The van der Waals surface area contributed by atoms with Crippen molar-refractivity contribution in [2.24, 2.45) is 0 Å². The molecular formula is C21H21F3N4O6. The van der Waals surface area contributed by atoms with Gasteiger partial charge in [-0.1, -0.05) is 0 Å². The zero-order valence-corrected chi connectivity index (χ0v) is 18.2. The van der Waals surface area contributed by atoms with Gasteiger partial charge in [0, 0.05) is 12.2 Å². The summed E-state index contributed by atoms with van der Waals surface area (Å²) in [6.07, 6.45) is -4.10. The lowest BCUT2D eigenvalue weighted by Gasteiger charge is -2.15. The average molecular weight is 482 g/mol. The number of nitrogens with zero attached hydrogens (tertiary/aromatic N) is 3. The van der Waals surface area contributed by atoms with E-state index >= 15 is 0 Å². The highest BCUT2D eigenvalue weighted by Crippen LogP contribution is 2.34. The molecule has 0 spiro atoms. The normalized spacial score (nSPS) is 13.9. The highest BCUT2D eigenvalue weighted by molar-refractivity contribution is 6.08. The van der Waals surface area contributed by atoms with E-state index in [0.717, 1.165) is 13.3 Å². The number of β-amino-alcohol motifs (C(OH)–C–C–N with tert-alkyl or cyclic N) is 1. The standard InChI is InChI=1S/C21H21F3N4O6/c1-3-34-20(32)14-10-25-28(17(14)21(22,23)24)13-6-4-12(5-7-13)26-16-15(19(31)33-2)11-27(8-9-29)18(16)30/h4-7,10,26,29H,3,8-9,11H2,1-2H3. The maximum Gasteiger partial charge on any atom is 0.434 e. The highest BCUT2D eigenvalue weighted by atomic mass is 19.4. The van der Waals surface area contributed by atoms with E-state index in [2.05, 4.69) is 15.2 Å². The summed E-state index contributed by atoms with van der Waals surface area (Å²) in [5.41, 5.74) is -1.72. The summed E-state index contributed by atoms with van der Waals surface area (Å²) in [5.74, 6) is -2.41. The lowest BCUT2D eigenvalue weighted by molar-refractivity contribution is -0.143. The molecule has 2 heterocycles. The Morgan fingerprint density at radius 2 is 1.88 bits per heavy atom. The van der Waals surface area contributed by atoms with Crippen LogP contribution in [0, 0.1) is 0 Å². The number of alkyl halides is 3. The van der Waals surface area contributed by atoms with Gasteiger partial charge in [0.05, 0.1) is 44.3 Å². The first-order chi connectivity index (χ1) is 16.1. The Morgan fingerprint density at radius 3 is 2.44 bits per heavy atom. The first-order valence-corrected chi connectivity index (χ1v) is 10.0. The number of halogens is 3. The molecule has 0 saturated heterocycles. The van der Waals surface area contributed by atoms with Crippen molar-refractivity contribution in [3.8, 4) is 5.69 Å². The van der Waals surface area contributed by atoms with Gasteiger partial charge in [-0.15, -0.1) is 0 Å². The molecular weight excluding hydrogens is 461 g/mol. The summed E-state index contributed by atoms with van der Waals surface area (Å²) in [7, 11) is 1.16. The van der Waals surface area contributed by atoms with Crippen molar-refractivity contribution < 1.29 is 42.1 Å². The van der Waals surface area contributed by atoms with Gasteiger partial charge in [0.2, 0.25) is 0 Å². The fourth-order valence-corrected chi connectivity index (χ4v) is 3.35. The predicted octanol–water partition coefficient (Wildman–Crippen LogP) is 1.74. The molecule has 1 aliphatic heterocycles. The number of aromatic nitrogens is 2. The predicted molar refractivity (Wildman–Crippen MR) is 111 cm³/mol. The number of hydrogen-bond acceptors (Lipinski definition) is 8. The molecule has 1 aliphatic rings. The van der Waals surface area contributed by atoms with E-state index < -0.39 is 35.3 Å². The van der Waals surface area contributed by atoms with Crippen molar-refractivity contribution in [1.29, 1.82) is 0 Å². The summed E-state index contributed by atoms with van der Waals surface area (Å²) in [6, 6.07) is 5.35. The van der Waals surface area contributed by atoms with Crippen LogP contribution in [-0.2, 0) is 25.2 Å². The molecule has 0 radical (unpaired) electrons. The van der Waals surface area contributed by atoms with Crippen molar-refractivity contribution in [3.05, 3.63) is 53.0 Å². The van der Waals surface area contributed by atoms with Crippen LogP contribution in [0.4, 0.5) is 18.9 Å². The number of esters is 2. The first kappa shape index (κ1) is 24.8. The minimum Gasteiger partial charge on any atom is -0.466 e. The Labute approximate surface area is 191 Å². The second-order valence-corrected chi connectivity index (χ2v) is 7.00. The number of hydrogen-bond donors (Lipinski definition) is 2. The van der Waals surface area contributed by atoms with E-state index in [9.17, 15) is 27.6 Å². The Morgan fingerprint density at radius 1 is 1.21 bits per heavy atom. The van der Waals surface area contributed by atoms with Crippen LogP contribution < -0.4 is 5.32 Å². The van der Waals surface area contributed by atoms with E-state index in [4.69, 9.17) is 9.84 Å². The van der Waals surface area contributed by atoms with Crippen LogP contribution in [0.25, 0.3) is 5.69 Å². The smallest absolute Gasteiger partial charge is 0.434 e. The number of rotatable bonds is 8. The van der Waals surface area contributed by atoms with Crippen molar-refractivity contribution in [2.45, 2.75) is 13.1 Å². The number of aliphatic hydroxyl groups is 1. The Hall–Kier alpha value is -3.87. The van der Waals surface area contributed by atoms with Gasteiger partial charge in [-0.05, 0) is 31.2 Å². The summed E-state index contributed by atoms with van der Waals surface area (Å²) < 4.78 is 51.0. The molecule has 1 aromatic heterocycles. The molecule has 2 N–H and O–H groups in total. The van der Waals surface area contributed by atoms with Gasteiger partial charge in [0.25, 0.3) is 5.91 Å². The van der Waals surface area contributed by atoms with Gasteiger partial charge in [0.1, 0.15) is 11.3 Å². The maximum absolute atomic E-state index is 13.7. The third-order valence-corrected chi connectivity index (χ3v) is 4.87. The summed E-state index contributed by atoms with van der Waals surface area (Å²) >= 11 is 0. The fourth-order valence-electron chi connectivity index (χ4n) is 3.35. The molecule has 10 nitrogen and oxygen atoms in total. The van der Waals surface area contributed by atoms with Gasteiger partial charge in [-0.25, -0.2) is 14.3 Å². The Bertz CT molecular complexity index is 1120. The van der Waals surface area contributed by atoms with Crippen LogP contribution >= 0.6 is 0 Å². The molecule has 182 valence electrons. The number of methoxy groups -OCH3 is 1. The van der Waals surface area contributed by atoms with E-state index in [1.54, 1.807) is 0 Å². The van der Waals surface area contributed by atoms with Crippen LogP contribution in [0.1, 0.15) is 23.0 Å². The van der Waals surface area contributed by atoms with Crippen LogP contribution in [0.15, 0.2) is 41.7 Å². The van der Waals surface area contributed by atoms with Crippen molar-refractivity contribution in [3.63, 3.8) is 0 Å². The molecule has 0 aliphatic carbocycles. The first-order valence-electron chi connectivity index (χ1n) is 10.0. The maximum atomic E-state index is 13.7. The molecule has 0 atom stereocenters. The van der Waals surface area contributed by atoms with Crippen LogP contribution in [0.5, 0.6) is 0 Å². The summed E-state index contributed by atoms with van der Waals surface area (Å²) in [5, 5.41) is 15.6. The third-order valence-electron chi connectivity index (χ3n) is 4.87. The number of nitrogens with one attached hydrogen (secondary N) is 1. The molecule has 3 rings (SSSR count). The second kappa shape index (κ2) is 9.95. The van der Waals surface area contributed by atoms with Crippen LogP contribution in [-0.4, -0.2) is 71.0 Å². The largest absolute Gasteiger partial charge is 0.466 e. The monoisotopic (exact) mass is 482 g/mol. The van der Waals surface area contributed by atoms with Gasteiger partial charge < -0.3 is 24.8 Å². The van der Waals surface area contributed by atoms with E-state index in [1.165, 1.54) is 36.1 Å². The zero-order valence-electron chi connectivity index (χ0n) is 18.2. The number of anilines is 1. The Balaban J connectivity index is 1.92. The van der Waals surface area contributed by atoms with Crippen LogP contribution in [0.2, 0.25) is 0 Å². The van der Waals surface area contributed by atoms with Gasteiger partial charge in [-0.3, -0.25) is 4.79 Å². The van der Waals surface area contributed by atoms with Gasteiger partial charge >= 0.3 is 18.1 Å². The summed E-state index contributed by atoms with van der Waals surface area (Å²) in [4.78, 5) is 37.9. The van der Waals surface area contributed by atoms with Crippen molar-refractivity contribution in [2.75, 3.05) is 38.7 Å². The molecule has 0 saturated carbocycles. The van der Waals surface area contributed by atoms with E-state index in [1.807, 2.05) is 0 Å². The molecule has 0 fully saturated rings. The molecule has 0 bridgehead atoms. The molecule has 2 aromatic rings. The third kappa shape index (κ3) is 4.88. The molecule has 0 unspecified atom stereocenters. The van der Waals surface area contributed by atoms with Gasteiger partial charge in [0.15, 0.2) is 5.69 Å². The second-order valence-electron chi connectivity index (χ2n) is 7.00. The quantitative estimate of drug-likeness (QED) is 0.546. The lowest BCUT2D eigenvalue weighted by Crippen LogP contribution is -2.31. The minimum atomic E-state index is -4.89.